The van der Waals surface area contributed by atoms with Gasteiger partial charge in [-0.25, -0.2) is 9.97 Å². The van der Waals surface area contributed by atoms with Crippen molar-refractivity contribution in [3.8, 4) is 22.7 Å². The van der Waals surface area contributed by atoms with E-state index in [1.807, 2.05) is 12.1 Å². The molecule has 3 N–H and O–H groups in total. The average Bonchev–Trinajstić information content (AvgIpc) is 3.40. The second-order valence-electron chi connectivity index (χ2n) is 7.16. The van der Waals surface area contributed by atoms with Gasteiger partial charge in [-0.1, -0.05) is 43.3 Å². The minimum atomic E-state index is -0.419. The van der Waals surface area contributed by atoms with Gasteiger partial charge in [0.25, 0.3) is 5.89 Å². The number of anilines is 1. The SMILES string of the molecule is CC(C)[C@@](C)(c1ccc(-c2cnc(N)nc2)cc1)c1noc(-c2ccn[nH]2)n1. The lowest BCUT2D eigenvalue weighted by Gasteiger charge is -2.31. The van der Waals surface area contributed by atoms with Crippen LogP contribution in [0.1, 0.15) is 32.2 Å². The summed E-state index contributed by atoms with van der Waals surface area (Å²) in [5, 5.41) is 11.1. The third-order valence-electron chi connectivity index (χ3n) is 5.27. The molecule has 1 atom stereocenters. The fraction of sp³-hybridized carbons (Fsp3) is 0.250. The van der Waals surface area contributed by atoms with Gasteiger partial charge in [-0.2, -0.15) is 10.1 Å². The summed E-state index contributed by atoms with van der Waals surface area (Å²) in [7, 11) is 0. The third kappa shape index (κ3) is 3.02. The Balaban J connectivity index is 1.70. The predicted molar refractivity (Wildman–Crippen MR) is 105 cm³/mol. The molecule has 0 bridgehead atoms. The van der Waals surface area contributed by atoms with Crippen LogP contribution in [0.3, 0.4) is 0 Å². The first-order valence-corrected chi connectivity index (χ1v) is 9.01. The summed E-state index contributed by atoms with van der Waals surface area (Å²) in [6.45, 7) is 6.42. The van der Waals surface area contributed by atoms with Gasteiger partial charge in [0, 0.05) is 24.2 Å². The normalized spacial score (nSPS) is 13.6. The summed E-state index contributed by atoms with van der Waals surface area (Å²) >= 11 is 0. The fourth-order valence-electron chi connectivity index (χ4n) is 3.14. The van der Waals surface area contributed by atoms with Crippen molar-refractivity contribution in [3.05, 3.63) is 60.3 Å². The molecule has 0 aliphatic rings. The van der Waals surface area contributed by atoms with Gasteiger partial charge in [-0.3, -0.25) is 5.10 Å². The molecule has 0 unspecified atom stereocenters. The molecular weight excluding hydrogens is 354 g/mol. The van der Waals surface area contributed by atoms with E-state index in [0.717, 1.165) is 16.7 Å². The van der Waals surface area contributed by atoms with Crippen LogP contribution in [0.4, 0.5) is 5.95 Å². The average molecular weight is 375 g/mol. The highest BCUT2D eigenvalue weighted by Gasteiger charge is 2.37. The molecule has 0 fully saturated rings. The topological polar surface area (TPSA) is 119 Å². The number of nitrogens with two attached hydrogens (primary N) is 1. The fourth-order valence-corrected chi connectivity index (χ4v) is 3.14. The minimum absolute atomic E-state index is 0.241. The van der Waals surface area contributed by atoms with Crippen molar-refractivity contribution in [2.24, 2.45) is 5.92 Å². The number of nitrogens with one attached hydrogen (secondary N) is 1. The van der Waals surface area contributed by atoms with Gasteiger partial charge in [0.1, 0.15) is 5.69 Å². The van der Waals surface area contributed by atoms with Crippen LogP contribution >= 0.6 is 0 Å². The smallest absolute Gasteiger partial charge is 0.275 e. The Kier molecular flexibility index (Phi) is 4.38. The van der Waals surface area contributed by atoms with Crippen LogP contribution in [0.15, 0.2) is 53.4 Å². The van der Waals surface area contributed by atoms with Gasteiger partial charge in [0.2, 0.25) is 5.95 Å². The summed E-state index contributed by atoms with van der Waals surface area (Å²) in [6, 6.07) is 10.0. The number of aromatic amines is 1. The lowest BCUT2D eigenvalue weighted by atomic mass is 9.72. The largest absolute Gasteiger partial charge is 0.368 e. The van der Waals surface area contributed by atoms with Crippen molar-refractivity contribution in [2.45, 2.75) is 26.2 Å². The molecule has 142 valence electrons. The lowest BCUT2D eigenvalue weighted by Crippen LogP contribution is -2.31. The molecule has 0 aliphatic heterocycles. The standard InChI is InChI=1S/C20H21N7O/c1-12(2)20(3,18-25-17(28-27-18)16-8-9-24-26-16)15-6-4-13(5-7-15)14-10-22-19(21)23-11-14/h4-12H,1-3H3,(H,24,26)(H2,21,22,23)/t20-/m0/s1. The van der Waals surface area contributed by atoms with E-state index in [4.69, 9.17) is 10.3 Å². The zero-order valence-electron chi connectivity index (χ0n) is 15.9. The monoisotopic (exact) mass is 375 g/mol. The molecule has 3 aromatic heterocycles. The Morgan fingerprint density at radius 1 is 1.04 bits per heavy atom. The van der Waals surface area contributed by atoms with Crippen LogP contribution < -0.4 is 5.73 Å². The number of nitrogens with zero attached hydrogens (tertiary/aromatic N) is 5. The molecule has 0 saturated carbocycles. The number of hydrogen-bond acceptors (Lipinski definition) is 7. The molecule has 0 amide bonds. The molecule has 8 heteroatoms. The molecule has 28 heavy (non-hydrogen) atoms. The first kappa shape index (κ1) is 17.8. The van der Waals surface area contributed by atoms with Crippen molar-refractivity contribution in [2.75, 3.05) is 5.73 Å². The maximum absolute atomic E-state index is 5.57. The van der Waals surface area contributed by atoms with Crippen LogP contribution in [0, 0.1) is 5.92 Å². The van der Waals surface area contributed by atoms with Gasteiger partial charge < -0.3 is 10.3 Å². The molecule has 0 aliphatic carbocycles. The van der Waals surface area contributed by atoms with E-state index in [-0.39, 0.29) is 11.9 Å². The lowest BCUT2D eigenvalue weighted by molar-refractivity contribution is 0.350. The van der Waals surface area contributed by atoms with Crippen molar-refractivity contribution >= 4 is 5.95 Å². The molecule has 0 radical (unpaired) electrons. The number of rotatable bonds is 5. The number of nitrogen functional groups attached to an aromatic ring is 1. The highest BCUT2D eigenvalue weighted by atomic mass is 16.5. The maximum Gasteiger partial charge on any atom is 0.275 e. The molecule has 0 saturated heterocycles. The second kappa shape index (κ2) is 6.88. The van der Waals surface area contributed by atoms with E-state index in [2.05, 4.69) is 63.2 Å². The summed E-state index contributed by atoms with van der Waals surface area (Å²) < 4.78 is 5.47. The zero-order valence-corrected chi connectivity index (χ0v) is 15.9. The van der Waals surface area contributed by atoms with E-state index < -0.39 is 5.41 Å². The first-order chi connectivity index (χ1) is 13.5. The quantitative estimate of drug-likeness (QED) is 0.548. The highest BCUT2D eigenvalue weighted by molar-refractivity contribution is 5.62. The summed E-state index contributed by atoms with van der Waals surface area (Å²) in [5.41, 5.74) is 8.87. The highest BCUT2D eigenvalue weighted by Crippen LogP contribution is 2.38. The van der Waals surface area contributed by atoms with E-state index in [1.165, 1.54) is 0 Å². The Morgan fingerprint density at radius 2 is 1.75 bits per heavy atom. The van der Waals surface area contributed by atoms with Gasteiger partial charge in [-0.05, 0) is 30.0 Å². The van der Waals surface area contributed by atoms with Gasteiger partial charge in [0.05, 0.1) is 5.41 Å². The zero-order chi connectivity index (χ0) is 19.7. The van der Waals surface area contributed by atoms with Gasteiger partial charge in [-0.15, -0.1) is 0 Å². The summed E-state index contributed by atoms with van der Waals surface area (Å²) in [5.74, 6) is 1.56. The Morgan fingerprint density at radius 3 is 2.36 bits per heavy atom. The number of aromatic nitrogens is 6. The van der Waals surface area contributed by atoms with Crippen molar-refractivity contribution < 1.29 is 4.52 Å². The van der Waals surface area contributed by atoms with Crippen molar-refractivity contribution in [3.63, 3.8) is 0 Å². The molecule has 1 aromatic carbocycles. The summed E-state index contributed by atoms with van der Waals surface area (Å²) in [4.78, 5) is 12.7. The Bertz CT molecular complexity index is 1050. The molecule has 3 heterocycles. The predicted octanol–water partition coefficient (Wildman–Crippen LogP) is 3.46. The maximum atomic E-state index is 5.57. The van der Waals surface area contributed by atoms with E-state index in [9.17, 15) is 0 Å². The van der Waals surface area contributed by atoms with Gasteiger partial charge in [0.15, 0.2) is 5.82 Å². The van der Waals surface area contributed by atoms with Crippen molar-refractivity contribution in [1.29, 1.82) is 0 Å². The number of hydrogen-bond donors (Lipinski definition) is 2. The first-order valence-electron chi connectivity index (χ1n) is 9.01. The van der Waals surface area contributed by atoms with Crippen LogP contribution in [0.25, 0.3) is 22.7 Å². The Hall–Kier alpha value is -3.55. The van der Waals surface area contributed by atoms with Gasteiger partial charge >= 0.3 is 0 Å². The minimum Gasteiger partial charge on any atom is -0.368 e. The van der Waals surface area contributed by atoms with E-state index in [1.54, 1.807) is 24.7 Å². The van der Waals surface area contributed by atoms with Crippen LogP contribution in [-0.2, 0) is 5.41 Å². The molecule has 0 spiro atoms. The Labute approximate surface area is 162 Å². The van der Waals surface area contributed by atoms with Crippen LogP contribution in [0.2, 0.25) is 0 Å². The number of H-pyrrole nitrogens is 1. The second-order valence-corrected chi connectivity index (χ2v) is 7.16. The van der Waals surface area contributed by atoms with Crippen LogP contribution in [-0.4, -0.2) is 30.3 Å². The summed E-state index contributed by atoms with van der Waals surface area (Å²) in [6.07, 6.45) is 5.09. The molecule has 8 nitrogen and oxygen atoms in total. The molecule has 4 rings (SSSR count). The van der Waals surface area contributed by atoms with E-state index >= 15 is 0 Å². The van der Waals surface area contributed by atoms with Crippen LogP contribution in [0.5, 0.6) is 0 Å². The number of benzene rings is 1. The molecule has 4 aromatic rings. The van der Waals surface area contributed by atoms with E-state index in [0.29, 0.717) is 17.4 Å². The third-order valence-corrected chi connectivity index (χ3v) is 5.27. The van der Waals surface area contributed by atoms with Crippen molar-refractivity contribution in [1.82, 2.24) is 30.3 Å². The molecular formula is C20H21N7O.